The molecule has 0 radical (unpaired) electrons. The SMILES string of the molecule is CCCCCCCCCCCCC(=O)OCC(COC(=O)CCCCCCCCCCCC)CC(=O)OCCN(CCOC(=O)CC(COC(=O)CCCCCCCCCCCC)COC(=O)CCCCCCCCCCCC)C(=O)N(C)CCN(C)C. The summed E-state index contributed by atoms with van der Waals surface area (Å²) in [4.78, 5) is 97.3. The Morgan fingerprint density at radius 1 is 0.273 bits per heavy atom. The maximum Gasteiger partial charge on any atom is 0.320 e. The monoisotopic (exact) mass is 1250 g/mol. The number of nitrogens with zero attached hydrogens (tertiary/aromatic N) is 3. The van der Waals surface area contributed by atoms with Crippen molar-refractivity contribution >= 4 is 41.8 Å². The Morgan fingerprint density at radius 3 is 0.727 bits per heavy atom. The number of likely N-dealkylation sites (N-methyl/N-ethyl adjacent to an activating group) is 2. The summed E-state index contributed by atoms with van der Waals surface area (Å²) in [5.41, 5.74) is 0. The molecule has 2 amide bonds. The first-order valence-electron chi connectivity index (χ1n) is 36.3. The Labute approximate surface area is 538 Å². The number of ether oxygens (including phenoxy) is 6. The number of hydrogen-bond donors (Lipinski definition) is 0. The molecule has 0 atom stereocenters. The van der Waals surface area contributed by atoms with Crippen LogP contribution in [0.2, 0.25) is 0 Å². The van der Waals surface area contributed by atoms with E-state index in [2.05, 4.69) is 27.7 Å². The van der Waals surface area contributed by atoms with Crippen LogP contribution in [0.4, 0.5) is 4.79 Å². The van der Waals surface area contributed by atoms with Crippen molar-refractivity contribution in [1.82, 2.24) is 14.7 Å². The van der Waals surface area contributed by atoms with Crippen LogP contribution < -0.4 is 0 Å². The molecule has 0 heterocycles. The van der Waals surface area contributed by atoms with E-state index in [1.807, 2.05) is 19.0 Å². The van der Waals surface area contributed by atoms with Crippen molar-refractivity contribution in [1.29, 1.82) is 0 Å². The Kier molecular flexibility index (Phi) is 60.4. The normalized spacial score (nSPS) is 11.3. The molecule has 0 aliphatic carbocycles. The van der Waals surface area contributed by atoms with Crippen LogP contribution in [0.3, 0.4) is 0 Å². The summed E-state index contributed by atoms with van der Waals surface area (Å²) >= 11 is 0. The minimum atomic E-state index is -0.625. The minimum Gasteiger partial charge on any atom is -0.465 e. The first-order chi connectivity index (χ1) is 42.8. The van der Waals surface area contributed by atoms with Gasteiger partial charge in [0.1, 0.15) is 13.2 Å². The highest BCUT2D eigenvalue weighted by molar-refractivity contribution is 5.75. The molecule has 0 N–H and O–H groups in total. The van der Waals surface area contributed by atoms with E-state index in [9.17, 15) is 33.6 Å². The van der Waals surface area contributed by atoms with Gasteiger partial charge in [-0.2, -0.15) is 0 Å². The third-order valence-electron chi connectivity index (χ3n) is 16.5. The summed E-state index contributed by atoms with van der Waals surface area (Å²) in [7, 11) is 5.50. The topological polar surface area (TPSA) is 185 Å². The van der Waals surface area contributed by atoms with Gasteiger partial charge in [-0.1, -0.05) is 259 Å². The number of urea groups is 1. The fourth-order valence-electron chi connectivity index (χ4n) is 10.6. The molecule has 16 heteroatoms. The lowest BCUT2D eigenvalue weighted by molar-refractivity contribution is -0.155. The van der Waals surface area contributed by atoms with E-state index in [4.69, 9.17) is 28.4 Å². The number of hydrogen-bond acceptors (Lipinski definition) is 14. The number of esters is 6. The maximum atomic E-state index is 13.9. The lowest BCUT2D eigenvalue weighted by atomic mass is 10.1. The van der Waals surface area contributed by atoms with E-state index >= 15 is 0 Å². The highest BCUT2D eigenvalue weighted by atomic mass is 16.6. The van der Waals surface area contributed by atoms with Crippen molar-refractivity contribution in [2.24, 2.45) is 11.8 Å². The van der Waals surface area contributed by atoms with Gasteiger partial charge in [0.25, 0.3) is 0 Å². The molecule has 0 aliphatic heterocycles. The molecule has 0 saturated carbocycles. The molecule has 0 aromatic carbocycles. The summed E-state index contributed by atoms with van der Waals surface area (Å²) in [6.45, 7) is 9.15. The Bertz CT molecular complexity index is 1500. The molecule has 0 aromatic rings. The molecular formula is C72H135N3O13. The van der Waals surface area contributed by atoms with Gasteiger partial charge in [-0.15, -0.1) is 0 Å². The van der Waals surface area contributed by atoms with Gasteiger partial charge in [-0.25, -0.2) is 4.79 Å². The van der Waals surface area contributed by atoms with Gasteiger partial charge in [0.15, 0.2) is 0 Å². The third-order valence-corrected chi connectivity index (χ3v) is 16.5. The molecule has 0 rings (SSSR count). The molecule has 88 heavy (non-hydrogen) atoms. The molecule has 0 bridgehead atoms. The number of rotatable bonds is 65. The predicted octanol–water partition coefficient (Wildman–Crippen LogP) is 17.4. The maximum absolute atomic E-state index is 13.9. The molecule has 0 unspecified atom stereocenters. The van der Waals surface area contributed by atoms with Crippen molar-refractivity contribution in [3.63, 3.8) is 0 Å². The van der Waals surface area contributed by atoms with E-state index in [0.717, 1.165) is 103 Å². The van der Waals surface area contributed by atoms with Gasteiger partial charge in [0.2, 0.25) is 0 Å². The summed E-state index contributed by atoms with van der Waals surface area (Å²) in [5, 5.41) is 0. The zero-order valence-corrected chi connectivity index (χ0v) is 57.9. The van der Waals surface area contributed by atoms with Crippen LogP contribution in [0.25, 0.3) is 0 Å². The molecule has 516 valence electrons. The van der Waals surface area contributed by atoms with Crippen LogP contribution in [0.15, 0.2) is 0 Å². The first kappa shape index (κ1) is 84.0. The first-order valence-corrected chi connectivity index (χ1v) is 36.3. The van der Waals surface area contributed by atoms with Crippen LogP contribution in [-0.2, 0) is 57.2 Å². The Balaban J connectivity index is 5.66. The summed E-state index contributed by atoms with van der Waals surface area (Å²) in [6, 6.07) is -0.350. The van der Waals surface area contributed by atoms with Gasteiger partial charge in [-0.05, 0) is 39.8 Å². The van der Waals surface area contributed by atoms with Gasteiger partial charge >= 0.3 is 41.8 Å². The second-order valence-electron chi connectivity index (χ2n) is 25.5. The third kappa shape index (κ3) is 57.2. The van der Waals surface area contributed by atoms with E-state index in [0.29, 0.717) is 13.1 Å². The molecule has 0 aliphatic rings. The number of carbonyl (C=O) groups excluding carboxylic acids is 7. The largest absolute Gasteiger partial charge is 0.465 e. The average molecular weight is 1250 g/mol. The van der Waals surface area contributed by atoms with Gasteiger partial charge in [0.05, 0.1) is 52.4 Å². The molecular weight excluding hydrogens is 1110 g/mol. The predicted molar refractivity (Wildman–Crippen MR) is 356 cm³/mol. The average Bonchev–Trinajstić information content (AvgIpc) is 3.66. The van der Waals surface area contributed by atoms with Crippen LogP contribution in [0, 0.1) is 11.8 Å². The number of unbranched alkanes of at least 4 members (excludes halogenated alkanes) is 36. The second kappa shape index (κ2) is 63.2. The molecule has 16 nitrogen and oxygen atoms in total. The summed E-state index contributed by atoms with van der Waals surface area (Å²) in [6.07, 6.45) is 46.6. The van der Waals surface area contributed by atoms with E-state index < -0.39 is 23.8 Å². The number of carbonyl (C=O) groups is 7. The van der Waals surface area contributed by atoms with Crippen LogP contribution in [-0.4, -0.2) is 144 Å². The van der Waals surface area contributed by atoms with Crippen molar-refractivity contribution in [2.45, 2.75) is 323 Å². The summed E-state index contributed by atoms with van der Waals surface area (Å²) < 4.78 is 34.0. The molecule has 0 saturated heterocycles. The minimum absolute atomic E-state index is 0.00654. The Hall–Kier alpha value is -3.95. The zero-order valence-electron chi connectivity index (χ0n) is 57.9. The quantitative estimate of drug-likeness (QED) is 0.0318. The smallest absolute Gasteiger partial charge is 0.320 e. The van der Waals surface area contributed by atoms with Gasteiger partial charge < -0.3 is 43.1 Å². The van der Waals surface area contributed by atoms with Crippen LogP contribution in [0.5, 0.6) is 0 Å². The second-order valence-corrected chi connectivity index (χ2v) is 25.5. The lowest BCUT2D eigenvalue weighted by Crippen LogP contribution is -2.46. The van der Waals surface area contributed by atoms with Crippen LogP contribution in [0.1, 0.15) is 323 Å². The lowest BCUT2D eigenvalue weighted by Gasteiger charge is -2.29. The van der Waals surface area contributed by atoms with Crippen molar-refractivity contribution in [2.75, 3.05) is 87.0 Å². The molecule has 0 aromatic heterocycles. The van der Waals surface area contributed by atoms with Gasteiger partial charge in [-0.3, -0.25) is 28.8 Å². The molecule has 0 spiro atoms. The molecule has 0 fully saturated rings. The van der Waals surface area contributed by atoms with Crippen molar-refractivity contribution < 1.29 is 62.0 Å². The zero-order chi connectivity index (χ0) is 64.8. The van der Waals surface area contributed by atoms with Crippen LogP contribution >= 0.6 is 0 Å². The van der Waals surface area contributed by atoms with E-state index in [1.54, 1.807) is 11.9 Å². The Morgan fingerprint density at radius 2 is 0.500 bits per heavy atom. The van der Waals surface area contributed by atoms with E-state index in [-0.39, 0.29) is 121 Å². The van der Waals surface area contributed by atoms with Crippen molar-refractivity contribution in [3.8, 4) is 0 Å². The standard InChI is InChI=1S/C72H135N3O13/c1-8-12-16-20-24-28-32-36-40-44-48-66(76)85-60-64(61-86-67(77)49-45-41-37-33-29-25-21-17-13-9-2)58-70(80)83-56-54-75(72(82)74(7)53-52-73(5)6)55-57-84-71(81)59-65(62-87-68(78)50-46-42-38-34-30-26-22-18-14-10-3)63-88-69(79)51-47-43-39-35-31-27-23-19-15-11-4/h64-65H,8-63H2,1-7H3. The highest BCUT2D eigenvalue weighted by Gasteiger charge is 2.24. The van der Waals surface area contributed by atoms with E-state index in [1.165, 1.54) is 159 Å². The number of amides is 2. The summed E-state index contributed by atoms with van der Waals surface area (Å²) in [5.74, 6) is -3.85. The van der Waals surface area contributed by atoms with Gasteiger partial charge in [0, 0.05) is 57.7 Å². The fraction of sp³-hybridized carbons (Fsp3) is 0.903. The fourth-order valence-corrected chi connectivity index (χ4v) is 10.6. The van der Waals surface area contributed by atoms with Crippen molar-refractivity contribution in [3.05, 3.63) is 0 Å². The highest BCUT2D eigenvalue weighted by Crippen LogP contribution is 2.18.